The first kappa shape index (κ1) is 39.1. The average Bonchev–Trinajstić information content (AvgIpc) is 1.55. The SMILES string of the molecule is [2H]c1c([2H])c(-c2c([2H])c(C(C)(C)C)c([2H])c(C([2H])([2H])C(C)(C)C)c2[2H])c([2H])c([2H])c1-c1cccc(-c2c([2H])c([2H])c3c(c2[2H])C(C)(C)CCC3(C)C)c1N1CN(c2cccc(Oc3ccc4c5c([2H])c([2H])c([2H])c([2H])c5n(-c5cc(C([2H])([2H])C(C)C)c(-c6ccccc6)cn5)c4c3)c2)c2ccccc21. The van der Waals surface area contributed by atoms with Crippen molar-refractivity contribution in [2.45, 2.75) is 125 Å². The van der Waals surface area contributed by atoms with Crippen molar-refractivity contribution in [1.82, 2.24) is 9.55 Å². The average molecular weight is 1150 g/mol. The molecule has 5 nitrogen and oxygen atoms in total. The highest BCUT2D eigenvalue weighted by atomic mass is 16.5. The molecule has 0 atom stereocenters. The van der Waals surface area contributed by atoms with Crippen LogP contribution < -0.4 is 14.5 Å². The third-order valence-electron chi connectivity index (χ3n) is 16.4. The van der Waals surface area contributed by atoms with Gasteiger partial charge in [-0.05, 0) is 157 Å². The molecule has 0 bridgehead atoms. The van der Waals surface area contributed by atoms with E-state index in [2.05, 4.69) is 0 Å². The van der Waals surface area contributed by atoms with Gasteiger partial charge in [0, 0.05) is 57.0 Å². The minimum absolute atomic E-state index is 0.00262. The van der Waals surface area contributed by atoms with Gasteiger partial charge in [0.1, 0.15) is 24.0 Å². The maximum Gasteiger partial charge on any atom is 0.137 e. The third-order valence-corrected chi connectivity index (χ3v) is 16.4. The van der Waals surface area contributed by atoms with Crippen molar-refractivity contribution in [3.63, 3.8) is 0 Å². The number of benzene rings is 9. The molecule has 0 saturated carbocycles. The van der Waals surface area contributed by atoms with Gasteiger partial charge in [-0.25, -0.2) is 4.98 Å². The highest BCUT2D eigenvalue weighted by Gasteiger charge is 2.38. The molecule has 0 fully saturated rings. The van der Waals surface area contributed by atoms with E-state index in [1.807, 2.05) is 110 Å². The zero-order chi connectivity index (χ0) is 75.6. The minimum Gasteiger partial charge on any atom is -0.457 e. The number of fused-ring (bicyclic) bond motifs is 5. The first-order valence-electron chi connectivity index (χ1n) is 38.6. The van der Waals surface area contributed by atoms with Crippen molar-refractivity contribution in [3.8, 4) is 61.8 Å². The van der Waals surface area contributed by atoms with Gasteiger partial charge in [0.15, 0.2) is 0 Å². The summed E-state index contributed by atoms with van der Waals surface area (Å²) in [5.74, 6) is 0.421. The minimum atomic E-state index is -2.35. The summed E-state index contributed by atoms with van der Waals surface area (Å²) in [5.41, 5.74) is 1.76. The summed E-state index contributed by atoms with van der Waals surface area (Å²) in [7, 11) is 0. The second kappa shape index (κ2) is 21.7. The van der Waals surface area contributed by atoms with E-state index in [-0.39, 0.29) is 105 Å². The Morgan fingerprint density at radius 2 is 1.23 bits per heavy atom. The quantitative estimate of drug-likeness (QED) is 0.122. The molecule has 86 heavy (non-hydrogen) atoms. The standard InChI is InChI=1S/C81H82N4O/c1-53(2)42-60-47-76(82-51-69(60)56-22-14-13-15-23-56)85-72-29-17-16-26-67(72)68-38-37-64(49-75(68)85)86-63-25-20-24-62(48-63)83-52-84(74-31-19-18-30-73(74)83)77-65(27-21-28-66(77)58-36-39-70-71(46-58)81(11,12)41-40-80(70,9)10)57-34-32-55(33-35-57)59-43-54(50-78(3,4)5)44-61(45-59)79(6,7)8/h13-39,43-49,51,53H,40-42,50,52H2,1-12H3/i16D,17D,26D,29D,32D,33D,34D,35D,36D,39D,42D2,43D,44D,45D,46D,50D2. The number of ether oxygens (including phenoxy) is 1. The van der Waals surface area contributed by atoms with Gasteiger partial charge in [-0.15, -0.1) is 0 Å². The van der Waals surface area contributed by atoms with Crippen LogP contribution in [-0.2, 0) is 29.0 Å². The Bertz CT molecular complexity index is 5390. The second-order valence-electron chi connectivity index (χ2n) is 26.4. The van der Waals surface area contributed by atoms with Crippen molar-refractivity contribution in [2.24, 2.45) is 11.3 Å². The summed E-state index contributed by atoms with van der Waals surface area (Å²) >= 11 is 0. The summed E-state index contributed by atoms with van der Waals surface area (Å²) in [6, 6.07) is 30.9. The topological polar surface area (TPSA) is 33.5 Å². The fourth-order valence-electron chi connectivity index (χ4n) is 12.0. The van der Waals surface area contributed by atoms with E-state index in [1.165, 1.54) is 0 Å². The number of rotatable bonds is 12. The summed E-state index contributed by atoms with van der Waals surface area (Å²) in [4.78, 5) is 8.88. The maximum atomic E-state index is 10.3. The lowest BCUT2D eigenvalue weighted by molar-refractivity contribution is 0.332. The number of anilines is 4. The van der Waals surface area contributed by atoms with E-state index in [0.29, 0.717) is 73.7 Å². The molecule has 5 heteroatoms. The molecule has 0 spiro atoms. The lowest BCUT2D eigenvalue weighted by Crippen LogP contribution is -2.33. The number of nitrogens with zero attached hydrogens (tertiary/aromatic N) is 4. The molecule has 2 aliphatic rings. The Morgan fingerprint density at radius 1 is 0.570 bits per heavy atom. The lowest BCUT2D eigenvalue weighted by Gasteiger charge is -2.42. The van der Waals surface area contributed by atoms with Crippen molar-refractivity contribution in [2.75, 3.05) is 16.5 Å². The largest absolute Gasteiger partial charge is 0.457 e. The van der Waals surface area contributed by atoms with Crippen LogP contribution >= 0.6 is 0 Å². The van der Waals surface area contributed by atoms with Gasteiger partial charge < -0.3 is 14.5 Å². The van der Waals surface area contributed by atoms with Crippen LogP contribution in [0.15, 0.2) is 212 Å². The van der Waals surface area contributed by atoms with Crippen LogP contribution in [-0.4, -0.2) is 16.2 Å². The molecule has 1 aliphatic carbocycles. The van der Waals surface area contributed by atoms with Gasteiger partial charge >= 0.3 is 0 Å². The Hall–Kier alpha value is -8.67. The summed E-state index contributed by atoms with van der Waals surface area (Å²) in [6.45, 7) is 22.0. The van der Waals surface area contributed by atoms with Crippen LogP contribution in [0.3, 0.4) is 0 Å². The van der Waals surface area contributed by atoms with Crippen molar-refractivity contribution in [1.29, 1.82) is 0 Å². The molecule has 1 aliphatic heterocycles. The zero-order valence-corrected chi connectivity index (χ0v) is 51.0. The summed E-state index contributed by atoms with van der Waals surface area (Å²) < 4.78 is 182. The molecule has 0 unspecified atom stereocenters. The highest BCUT2D eigenvalue weighted by molar-refractivity contribution is 6.09. The Morgan fingerprint density at radius 3 is 1.97 bits per heavy atom. The first-order chi connectivity index (χ1) is 48.6. The van der Waals surface area contributed by atoms with Crippen molar-refractivity contribution >= 4 is 44.6 Å². The van der Waals surface area contributed by atoms with E-state index < -0.39 is 88.2 Å². The van der Waals surface area contributed by atoms with Gasteiger partial charge in [0.05, 0.1) is 47.3 Å². The number of pyridine rings is 1. The second-order valence-corrected chi connectivity index (χ2v) is 26.4. The van der Waals surface area contributed by atoms with Crippen LogP contribution in [0.1, 0.15) is 148 Å². The Labute approximate surface area is 536 Å². The molecular formula is C81H82N4O. The molecule has 3 heterocycles. The molecule has 0 N–H and O–H groups in total. The van der Waals surface area contributed by atoms with Gasteiger partial charge in [-0.2, -0.15) is 0 Å². The molecule has 0 saturated heterocycles. The van der Waals surface area contributed by atoms with E-state index in [0.717, 1.165) is 12.0 Å². The van der Waals surface area contributed by atoms with Crippen LogP contribution in [0, 0.1) is 11.3 Å². The summed E-state index contributed by atoms with van der Waals surface area (Å²) in [6.07, 6.45) is -1.21. The van der Waals surface area contributed by atoms with E-state index >= 15 is 0 Å². The van der Waals surface area contributed by atoms with E-state index in [1.54, 1.807) is 115 Å². The molecular weight excluding hydrogens is 1040 g/mol. The Balaban J connectivity index is 0.988. The monoisotopic (exact) mass is 1140 g/mol. The van der Waals surface area contributed by atoms with Crippen molar-refractivity contribution in [3.05, 3.63) is 240 Å². The lowest BCUT2D eigenvalue weighted by atomic mass is 9.63. The number of aromatic nitrogens is 2. The highest BCUT2D eigenvalue weighted by Crippen LogP contribution is 2.53. The fraction of sp³-hybridized carbons (Fsp3) is 0.272. The number of hydrogen-bond donors (Lipinski definition) is 0. The van der Waals surface area contributed by atoms with Gasteiger partial charge in [0.25, 0.3) is 0 Å². The molecule has 2 aromatic heterocycles. The first-order valence-corrected chi connectivity index (χ1v) is 29.6. The van der Waals surface area contributed by atoms with Crippen LogP contribution in [0.5, 0.6) is 11.5 Å². The summed E-state index contributed by atoms with van der Waals surface area (Å²) in [5, 5.41) is 0.712. The number of hydrogen-bond acceptors (Lipinski definition) is 4. The zero-order valence-electron chi connectivity index (χ0n) is 69.0. The fourth-order valence-corrected chi connectivity index (χ4v) is 12.0. The van der Waals surface area contributed by atoms with E-state index in [9.17, 15) is 21.9 Å². The molecule has 11 aromatic rings. The van der Waals surface area contributed by atoms with Crippen LogP contribution in [0.25, 0.3) is 72.1 Å². The normalized spacial score (nSPS) is 18.0. The van der Waals surface area contributed by atoms with Crippen LogP contribution in [0.2, 0.25) is 0 Å². The van der Waals surface area contributed by atoms with Crippen LogP contribution in [0.4, 0.5) is 22.7 Å². The van der Waals surface area contributed by atoms with Crippen molar-refractivity contribution < 1.29 is 29.4 Å². The van der Waals surface area contributed by atoms with Gasteiger partial charge in [-0.1, -0.05) is 228 Å². The van der Waals surface area contributed by atoms with Gasteiger partial charge in [-0.3, -0.25) is 4.57 Å². The van der Waals surface area contributed by atoms with E-state index in [4.69, 9.17) is 12.5 Å². The smallest absolute Gasteiger partial charge is 0.137 e. The molecule has 9 aromatic carbocycles. The van der Waals surface area contributed by atoms with Gasteiger partial charge in [0.2, 0.25) is 0 Å². The molecule has 432 valence electrons. The third kappa shape index (κ3) is 10.8. The molecule has 0 radical (unpaired) electrons. The predicted molar refractivity (Wildman–Crippen MR) is 365 cm³/mol. The predicted octanol–water partition coefficient (Wildman–Crippen LogP) is 22.3. The maximum absolute atomic E-state index is 10.3. The number of para-hydroxylation sites is 4. The molecule has 13 rings (SSSR count). The Kier molecular flexibility index (Phi) is 9.86. The molecule has 0 amide bonds.